The number of likely N-dealkylation sites (tertiary alicyclic amines) is 1. The lowest BCUT2D eigenvalue weighted by Crippen LogP contribution is -2.48. The summed E-state index contributed by atoms with van der Waals surface area (Å²) in [6, 6.07) is 4.16. The number of unbranched alkanes of at least 4 members (excludes halogenated alkanes) is 2. The monoisotopic (exact) mass is 373 g/mol. The molecule has 3 heterocycles. The normalized spacial score (nSPS) is 19.3. The van der Waals surface area contributed by atoms with Crippen LogP contribution >= 0.6 is 0 Å². The summed E-state index contributed by atoms with van der Waals surface area (Å²) in [5.74, 6) is -0.507. The summed E-state index contributed by atoms with van der Waals surface area (Å²) >= 11 is 0. The van der Waals surface area contributed by atoms with Gasteiger partial charge in [-0.3, -0.25) is 14.6 Å². The SMILES string of the molecule is O=C(O)CCCCCC(=O)N1CCC2(CC1)CCN(c1ccncc1)CC2. The summed E-state index contributed by atoms with van der Waals surface area (Å²) in [5.41, 5.74) is 1.66. The molecule has 0 radical (unpaired) electrons. The summed E-state index contributed by atoms with van der Waals surface area (Å²) in [6.45, 7) is 3.93. The highest BCUT2D eigenvalue weighted by Crippen LogP contribution is 2.42. The summed E-state index contributed by atoms with van der Waals surface area (Å²) in [7, 11) is 0. The zero-order valence-electron chi connectivity index (χ0n) is 16.1. The number of aliphatic carboxylic acids is 1. The first-order valence-corrected chi connectivity index (χ1v) is 10.2. The van der Waals surface area contributed by atoms with Gasteiger partial charge in [-0.15, -0.1) is 0 Å². The Morgan fingerprint density at radius 1 is 0.926 bits per heavy atom. The van der Waals surface area contributed by atoms with E-state index in [-0.39, 0.29) is 12.3 Å². The molecule has 1 amide bonds. The smallest absolute Gasteiger partial charge is 0.303 e. The van der Waals surface area contributed by atoms with E-state index in [0.29, 0.717) is 18.3 Å². The van der Waals surface area contributed by atoms with E-state index in [9.17, 15) is 9.59 Å². The molecule has 0 atom stereocenters. The summed E-state index contributed by atoms with van der Waals surface area (Å²) < 4.78 is 0. The highest BCUT2D eigenvalue weighted by molar-refractivity contribution is 5.76. The molecule has 2 aliphatic heterocycles. The van der Waals surface area contributed by atoms with Crippen LogP contribution in [0.3, 0.4) is 0 Å². The number of aromatic nitrogens is 1. The predicted molar refractivity (Wildman–Crippen MR) is 105 cm³/mol. The summed E-state index contributed by atoms with van der Waals surface area (Å²) in [5, 5.41) is 8.65. The van der Waals surface area contributed by atoms with Crippen molar-refractivity contribution in [2.45, 2.75) is 57.8 Å². The second-order valence-corrected chi connectivity index (χ2v) is 8.03. The average molecular weight is 373 g/mol. The fourth-order valence-corrected chi connectivity index (χ4v) is 4.41. The van der Waals surface area contributed by atoms with E-state index in [2.05, 4.69) is 22.0 Å². The standard InChI is InChI=1S/C21H31N3O3/c25-19(4-2-1-3-5-20(26)27)24-16-10-21(11-17-24)8-14-23(15-9-21)18-6-12-22-13-7-18/h6-7,12-13H,1-5,8-11,14-17H2,(H,26,27). The van der Waals surface area contributed by atoms with Crippen LogP contribution in [0.15, 0.2) is 24.5 Å². The third-order valence-electron chi connectivity index (χ3n) is 6.31. The number of rotatable bonds is 7. The van der Waals surface area contributed by atoms with Crippen LogP contribution < -0.4 is 4.90 Å². The maximum Gasteiger partial charge on any atom is 0.303 e. The van der Waals surface area contributed by atoms with Crippen LogP contribution in [0.5, 0.6) is 0 Å². The van der Waals surface area contributed by atoms with Crippen LogP contribution in [-0.2, 0) is 9.59 Å². The lowest BCUT2D eigenvalue weighted by molar-refractivity contribution is -0.137. The Morgan fingerprint density at radius 2 is 1.52 bits per heavy atom. The van der Waals surface area contributed by atoms with Crippen LogP contribution in [0.25, 0.3) is 0 Å². The minimum atomic E-state index is -0.752. The van der Waals surface area contributed by atoms with E-state index in [0.717, 1.165) is 51.9 Å². The number of carboxylic acids is 1. The quantitative estimate of drug-likeness (QED) is 0.742. The number of pyridine rings is 1. The third-order valence-corrected chi connectivity index (χ3v) is 6.31. The number of hydrogen-bond acceptors (Lipinski definition) is 4. The molecule has 0 saturated carbocycles. The molecule has 27 heavy (non-hydrogen) atoms. The van der Waals surface area contributed by atoms with E-state index >= 15 is 0 Å². The van der Waals surface area contributed by atoms with Crippen molar-refractivity contribution in [3.05, 3.63) is 24.5 Å². The van der Waals surface area contributed by atoms with E-state index in [1.54, 1.807) is 0 Å². The second-order valence-electron chi connectivity index (χ2n) is 8.03. The topological polar surface area (TPSA) is 73.7 Å². The van der Waals surface area contributed by atoms with E-state index in [1.165, 1.54) is 18.5 Å². The van der Waals surface area contributed by atoms with Gasteiger partial charge in [-0.2, -0.15) is 0 Å². The highest BCUT2D eigenvalue weighted by atomic mass is 16.4. The molecule has 6 heteroatoms. The first-order chi connectivity index (χ1) is 13.1. The number of carbonyl (C=O) groups excluding carboxylic acids is 1. The van der Waals surface area contributed by atoms with Gasteiger partial charge >= 0.3 is 5.97 Å². The van der Waals surface area contributed by atoms with Crippen molar-refractivity contribution in [1.29, 1.82) is 0 Å². The second kappa shape index (κ2) is 9.20. The molecule has 1 spiro atoms. The van der Waals surface area contributed by atoms with Crippen molar-refractivity contribution in [2.24, 2.45) is 5.41 Å². The molecule has 2 saturated heterocycles. The zero-order chi connectivity index (χ0) is 19.1. The lowest BCUT2D eigenvalue weighted by atomic mass is 9.71. The van der Waals surface area contributed by atoms with Crippen LogP contribution in [0.2, 0.25) is 0 Å². The van der Waals surface area contributed by atoms with Crippen LogP contribution in [0, 0.1) is 5.41 Å². The van der Waals surface area contributed by atoms with E-state index in [4.69, 9.17) is 5.11 Å². The van der Waals surface area contributed by atoms with Gasteiger partial charge < -0.3 is 14.9 Å². The van der Waals surface area contributed by atoms with Gasteiger partial charge in [-0.05, 0) is 56.1 Å². The maximum absolute atomic E-state index is 12.4. The molecule has 0 unspecified atom stereocenters. The number of hydrogen-bond donors (Lipinski definition) is 1. The molecule has 1 aromatic heterocycles. The fraction of sp³-hybridized carbons (Fsp3) is 0.667. The molecule has 6 nitrogen and oxygen atoms in total. The molecule has 0 aromatic carbocycles. The molecular weight excluding hydrogens is 342 g/mol. The van der Waals surface area contributed by atoms with Crippen molar-refractivity contribution in [2.75, 3.05) is 31.1 Å². The Balaban J connectivity index is 1.37. The molecule has 2 fully saturated rings. The number of carbonyl (C=O) groups is 2. The number of anilines is 1. The third kappa shape index (κ3) is 5.44. The number of piperidine rings is 2. The van der Waals surface area contributed by atoms with Gasteiger partial charge in [-0.25, -0.2) is 0 Å². The Bertz CT molecular complexity index is 617. The number of nitrogens with zero attached hydrogens (tertiary/aromatic N) is 3. The molecular formula is C21H31N3O3. The Morgan fingerprint density at radius 3 is 2.15 bits per heavy atom. The molecule has 2 aliphatic rings. The van der Waals surface area contributed by atoms with Crippen molar-refractivity contribution in [1.82, 2.24) is 9.88 Å². The number of amides is 1. The predicted octanol–water partition coefficient (Wildman–Crippen LogP) is 3.33. The van der Waals surface area contributed by atoms with Gasteiger partial charge in [0.2, 0.25) is 5.91 Å². The van der Waals surface area contributed by atoms with Crippen molar-refractivity contribution < 1.29 is 14.7 Å². The molecule has 3 rings (SSSR count). The van der Waals surface area contributed by atoms with Crippen LogP contribution in [-0.4, -0.2) is 53.0 Å². The van der Waals surface area contributed by atoms with Crippen LogP contribution in [0.1, 0.15) is 57.8 Å². The molecule has 148 valence electrons. The zero-order valence-corrected chi connectivity index (χ0v) is 16.1. The highest BCUT2D eigenvalue weighted by Gasteiger charge is 2.38. The Hall–Kier alpha value is -2.11. The summed E-state index contributed by atoms with van der Waals surface area (Å²) in [4.78, 5) is 31.5. The van der Waals surface area contributed by atoms with Gasteiger partial charge in [-0.1, -0.05) is 6.42 Å². The van der Waals surface area contributed by atoms with Gasteiger partial charge in [0.15, 0.2) is 0 Å². The molecule has 1 aromatic rings. The minimum Gasteiger partial charge on any atom is -0.481 e. The molecule has 1 N–H and O–H groups in total. The first-order valence-electron chi connectivity index (χ1n) is 10.2. The van der Waals surface area contributed by atoms with Gasteiger partial charge in [0.05, 0.1) is 0 Å². The van der Waals surface area contributed by atoms with Crippen molar-refractivity contribution in [3.63, 3.8) is 0 Å². The Labute approximate surface area is 161 Å². The van der Waals surface area contributed by atoms with E-state index in [1.807, 2.05) is 17.3 Å². The summed E-state index contributed by atoms with van der Waals surface area (Å²) in [6.07, 6.45) is 11.4. The van der Waals surface area contributed by atoms with Crippen molar-refractivity contribution >= 4 is 17.6 Å². The van der Waals surface area contributed by atoms with Crippen molar-refractivity contribution in [3.8, 4) is 0 Å². The largest absolute Gasteiger partial charge is 0.481 e. The van der Waals surface area contributed by atoms with Crippen LogP contribution in [0.4, 0.5) is 5.69 Å². The van der Waals surface area contributed by atoms with Gasteiger partial charge in [0, 0.05) is 57.1 Å². The van der Waals surface area contributed by atoms with Gasteiger partial charge in [0.25, 0.3) is 0 Å². The molecule has 0 aliphatic carbocycles. The number of carboxylic acid groups (broad SMARTS) is 1. The maximum atomic E-state index is 12.4. The fourth-order valence-electron chi connectivity index (χ4n) is 4.41. The average Bonchev–Trinajstić information content (AvgIpc) is 2.69. The lowest BCUT2D eigenvalue weighted by Gasteiger charge is -2.47. The Kier molecular flexibility index (Phi) is 6.69. The van der Waals surface area contributed by atoms with Gasteiger partial charge in [0.1, 0.15) is 0 Å². The first kappa shape index (κ1) is 19.6. The van der Waals surface area contributed by atoms with E-state index < -0.39 is 5.97 Å². The molecule has 0 bridgehead atoms. The minimum absolute atomic E-state index is 0.205.